The van der Waals surface area contributed by atoms with Crippen LogP contribution in [0.2, 0.25) is 5.02 Å². The van der Waals surface area contributed by atoms with E-state index in [1.165, 1.54) is 11.8 Å². The van der Waals surface area contributed by atoms with Crippen LogP contribution in [0.15, 0.2) is 40.6 Å². The molecule has 2 aromatic rings. The lowest BCUT2D eigenvalue weighted by Gasteiger charge is -2.08. The van der Waals surface area contributed by atoms with Crippen LogP contribution in [0.5, 0.6) is 0 Å². The average Bonchev–Trinajstić information content (AvgIpc) is 2.32. The van der Waals surface area contributed by atoms with Crippen molar-refractivity contribution in [1.82, 2.24) is 9.97 Å². The van der Waals surface area contributed by atoms with E-state index in [9.17, 15) is 0 Å². The second-order valence-electron chi connectivity index (χ2n) is 3.64. The van der Waals surface area contributed by atoms with Gasteiger partial charge in [-0.3, -0.25) is 5.41 Å². The summed E-state index contributed by atoms with van der Waals surface area (Å²) in [5.74, 6) is 0.0112. The van der Waals surface area contributed by atoms with E-state index in [0.717, 1.165) is 10.6 Å². The monoisotopic (exact) mass is 278 g/mol. The highest BCUT2D eigenvalue weighted by molar-refractivity contribution is 7.99. The molecule has 2 aromatic heterocycles. The molecular weight excluding hydrogens is 268 g/mol. The highest BCUT2D eigenvalue weighted by Gasteiger charge is 2.11. The van der Waals surface area contributed by atoms with E-state index in [2.05, 4.69) is 9.97 Å². The summed E-state index contributed by atoms with van der Waals surface area (Å²) >= 11 is 7.14. The van der Waals surface area contributed by atoms with Gasteiger partial charge in [0.05, 0.1) is 10.6 Å². The third-order valence-electron chi connectivity index (χ3n) is 2.30. The van der Waals surface area contributed by atoms with Crippen molar-refractivity contribution in [2.24, 2.45) is 5.73 Å². The molecule has 0 bridgehead atoms. The number of nitrogens with zero attached hydrogens (tertiary/aromatic N) is 2. The molecule has 2 heterocycles. The SMILES string of the molecule is Cc1ccnc(Sc2ccc(Cl)cn2)c1C(=N)N. The Kier molecular flexibility index (Phi) is 3.84. The van der Waals surface area contributed by atoms with Crippen molar-refractivity contribution in [3.8, 4) is 0 Å². The second kappa shape index (κ2) is 5.37. The van der Waals surface area contributed by atoms with Gasteiger partial charge in [0.15, 0.2) is 0 Å². The standard InChI is InChI=1S/C12H11ClN4S/c1-7-4-5-16-12(10(7)11(14)15)18-9-3-2-8(13)6-17-9/h2-6H,1H3,(H3,14,15). The van der Waals surface area contributed by atoms with Gasteiger partial charge >= 0.3 is 0 Å². The molecule has 0 atom stereocenters. The van der Waals surface area contributed by atoms with E-state index in [4.69, 9.17) is 22.7 Å². The van der Waals surface area contributed by atoms with Gasteiger partial charge in [-0.05, 0) is 42.4 Å². The topological polar surface area (TPSA) is 75.7 Å². The van der Waals surface area contributed by atoms with E-state index in [1.807, 2.05) is 13.0 Å². The number of aryl methyl sites for hydroxylation is 1. The van der Waals surface area contributed by atoms with Crippen molar-refractivity contribution in [3.05, 3.63) is 46.7 Å². The van der Waals surface area contributed by atoms with Crippen LogP contribution < -0.4 is 5.73 Å². The summed E-state index contributed by atoms with van der Waals surface area (Å²) in [5, 5.41) is 9.63. The first-order chi connectivity index (χ1) is 8.58. The van der Waals surface area contributed by atoms with Gasteiger partial charge in [0.2, 0.25) is 0 Å². The maximum absolute atomic E-state index is 7.60. The fourth-order valence-electron chi connectivity index (χ4n) is 1.46. The zero-order chi connectivity index (χ0) is 13.1. The molecule has 0 amide bonds. The minimum atomic E-state index is 0.0112. The predicted octanol–water partition coefficient (Wildman–Crippen LogP) is 2.87. The molecule has 0 saturated carbocycles. The van der Waals surface area contributed by atoms with Crippen LogP contribution in [0.25, 0.3) is 0 Å². The first-order valence-corrected chi connectivity index (χ1v) is 6.37. The number of hydrogen-bond donors (Lipinski definition) is 2. The lowest BCUT2D eigenvalue weighted by molar-refractivity contribution is 1.07. The number of aromatic nitrogens is 2. The smallest absolute Gasteiger partial charge is 0.125 e. The number of amidine groups is 1. The Labute approximate surface area is 114 Å². The number of nitrogens with one attached hydrogen (secondary N) is 1. The van der Waals surface area contributed by atoms with Gasteiger partial charge < -0.3 is 5.73 Å². The van der Waals surface area contributed by atoms with Crippen LogP contribution in [0.1, 0.15) is 11.1 Å². The quantitative estimate of drug-likeness (QED) is 0.669. The van der Waals surface area contributed by atoms with Gasteiger partial charge in [0.1, 0.15) is 15.9 Å². The molecule has 0 aromatic carbocycles. The van der Waals surface area contributed by atoms with Gasteiger partial charge in [-0.2, -0.15) is 0 Å². The van der Waals surface area contributed by atoms with Gasteiger partial charge in [-0.1, -0.05) is 11.6 Å². The summed E-state index contributed by atoms with van der Waals surface area (Å²) in [6, 6.07) is 5.40. The van der Waals surface area contributed by atoms with Crippen molar-refractivity contribution in [3.63, 3.8) is 0 Å². The van der Waals surface area contributed by atoms with Gasteiger partial charge in [0.25, 0.3) is 0 Å². The van der Waals surface area contributed by atoms with E-state index < -0.39 is 0 Å². The number of halogens is 1. The molecule has 0 aliphatic carbocycles. The lowest BCUT2D eigenvalue weighted by atomic mass is 10.1. The largest absolute Gasteiger partial charge is 0.384 e. The molecule has 0 fully saturated rings. The zero-order valence-electron chi connectivity index (χ0n) is 9.64. The average molecular weight is 279 g/mol. The fourth-order valence-corrected chi connectivity index (χ4v) is 2.50. The van der Waals surface area contributed by atoms with E-state index in [1.54, 1.807) is 24.5 Å². The third kappa shape index (κ3) is 2.80. The van der Waals surface area contributed by atoms with Crippen LogP contribution in [0, 0.1) is 12.3 Å². The Morgan fingerprint density at radius 3 is 2.72 bits per heavy atom. The first-order valence-electron chi connectivity index (χ1n) is 5.17. The first kappa shape index (κ1) is 12.9. The maximum Gasteiger partial charge on any atom is 0.125 e. The molecule has 0 unspecified atom stereocenters. The van der Waals surface area contributed by atoms with Crippen LogP contribution in [-0.2, 0) is 0 Å². The Hall–Kier alpha value is -1.59. The predicted molar refractivity (Wildman–Crippen MR) is 73.4 cm³/mol. The Balaban J connectivity index is 2.37. The second-order valence-corrected chi connectivity index (χ2v) is 5.08. The minimum Gasteiger partial charge on any atom is -0.384 e. The summed E-state index contributed by atoms with van der Waals surface area (Å²) in [6.45, 7) is 1.90. The summed E-state index contributed by atoms with van der Waals surface area (Å²) in [4.78, 5) is 8.43. The van der Waals surface area contributed by atoms with Crippen LogP contribution in [0.3, 0.4) is 0 Å². The Morgan fingerprint density at radius 2 is 2.11 bits per heavy atom. The third-order valence-corrected chi connectivity index (χ3v) is 3.47. The molecule has 4 nitrogen and oxygen atoms in total. The van der Waals surface area contributed by atoms with E-state index in [0.29, 0.717) is 15.6 Å². The summed E-state index contributed by atoms with van der Waals surface area (Å²) in [5.41, 5.74) is 7.16. The van der Waals surface area contributed by atoms with Crippen molar-refractivity contribution in [1.29, 1.82) is 5.41 Å². The van der Waals surface area contributed by atoms with Crippen LogP contribution in [-0.4, -0.2) is 15.8 Å². The van der Waals surface area contributed by atoms with Gasteiger partial charge in [-0.15, -0.1) is 0 Å². The lowest BCUT2D eigenvalue weighted by Crippen LogP contribution is -2.14. The molecular formula is C12H11ClN4S. The van der Waals surface area contributed by atoms with Crippen molar-refractivity contribution in [2.45, 2.75) is 17.0 Å². The maximum atomic E-state index is 7.60. The number of pyridine rings is 2. The number of nitrogens with two attached hydrogens (primary N) is 1. The van der Waals surface area contributed by atoms with Crippen LogP contribution in [0.4, 0.5) is 0 Å². The van der Waals surface area contributed by atoms with E-state index in [-0.39, 0.29) is 5.84 Å². The molecule has 6 heteroatoms. The molecule has 0 aliphatic heterocycles. The molecule has 0 radical (unpaired) electrons. The van der Waals surface area contributed by atoms with Gasteiger partial charge in [-0.25, -0.2) is 9.97 Å². The van der Waals surface area contributed by atoms with Crippen LogP contribution >= 0.6 is 23.4 Å². The molecule has 0 spiro atoms. The molecule has 3 N–H and O–H groups in total. The summed E-state index contributed by atoms with van der Waals surface area (Å²) in [7, 11) is 0. The fraction of sp³-hybridized carbons (Fsp3) is 0.0833. The molecule has 2 rings (SSSR count). The number of nitrogen functional groups attached to an aromatic ring is 1. The van der Waals surface area contributed by atoms with Crippen molar-refractivity contribution in [2.75, 3.05) is 0 Å². The highest BCUT2D eigenvalue weighted by Crippen LogP contribution is 2.28. The normalized spacial score (nSPS) is 10.3. The minimum absolute atomic E-state index is 0.0112. The number of rotatable bonds is 3. The summed E-state index contributed by atoms with van der Waals surface area (Å²) < 4.78 is 0. The zero-order valence-corrected chi connectivity index (χ0v) is 11.2. The summed E-state index contributed by atoms with van der Waals surface area (Å²) in [6.07, 6.45) is 3.27. The van der Waals surface area contributed by atoms with Gasteiger partial charge in [0, 0.05) is 12.4 Å². The van der Waals surface area contributed by atoms with Crippen molar-refractivity contribution < 1.29 is 0 Å². The Morgan fingerprint density at radius 1 is 1.33 bits per heavy atom. The number of hydrogen-bond acceptors (Lipinski definition) is 4. The highest BCUT2D eigenvalue weighted by atomic mass is 35.5. The Bertz CT molecular complexity index is 583. The van der Waals surface area contributed by atoms with E-state index >= 15 is 0 Å². The molecule has 18 heavy (non-hydrogen) atoms. The molecule has 0 saturated heterocycles. The van der Waals surface area contributed by atoms with Crippen molar-refractivity contribution >= 4 is 29.2 Å². The molecule has 92 valence electrons. The molecule has 0 aliphatic rings.